The number of rotatable bonds is 2. The Bertz CT molecular complexity index is 1290. The number of pyridine rings is 2. The Morgan fingerprint density at radius 2 is 1.91 bits per heavy atom. The molecule has 7 nitrogen and oxygen atoms in total. The van der Waals surface area contributed by atoms with Gasteiger partial charge in [-0.15, -0.1) is 0 Å². The molecule has 0 fully saturated rings. The molecule has 1 atom stereocenters. The molecule has 0 amide bonds. The maximum Gasteiger partial charge on any atom is 0.283 e. The van der Waals surface area contributed by atoms with Crippen molar-refractivity contribution < 1.29 is 14.2 Å². The summed E-state index contributed by atoms with van der Waals surface area (Å²) < 4.78 is 17.2. The molecule has 0 aliphatic carbocycles. The first-order chi connectivity index (χ1) is 15.4. The highest BCUT2D eigenvalue weighted by Gasteiger charge is 2.47. The quantitative estimate of drug-likeness (QED) is 0.630. The lowest BCUT2D eigenvalue weighted by Crippen LogP contribution is -2.31. The third-order valence-corrected chi connectivity index (χ3v) is 5.69. The van der Waals surface area contributed by atoms with E-state index in [9.17, 15) is 0 Å². The minimum Gasteiger partial charge on any atom is -0.462 e. The van der Waals surface area contributed by atoms with Crippen molar-refractivity contribution in [3.8, 4) is 34.6 Å². The minimum absolute atomic E-state index is 0.134. The van der Waals surface area contributed by atoms with Gasteiger partial charge in [0.25, 0.3) is 6.02 Å². The molecule has 0 bridgehead atoms. The second kappa shape index (κ2) is 7.36. The van der Waals surface area contributed by atoms with Crippen LogP contribution in [-0.4, -0.2) is 35.3 Å². The van der Waals surface area contributed by atoms with Crippen molar-refractivity contribution in [3.05, 3.63) is 71.7 Å². The van der Waals surface area contributed by atoms with Gasteiger partial charge < -0.3 is 19.9 Å². The molecule has 0 saturated carbocycles. The van der Waals surface area contributed by atoms with Gasteiger partial charge in [-0.1, -0.05) is 17.9 Å². The van der Waals surface area contributed by atoms with Crippen molar-refractivity contribution in [1.82, 2.24) is 9.97 Å². The number of benzene rings is 1. The van der Waals surface area contributed by atoms with Crippen LogP contribution >= 0.6 is 0 Å². The van der Waals surface area contributed by atoms with Crippen LogP contribution in [0.1, 0.15) is 30.5 Å². The summed E-state index contributed by atoms with van der Waals surface area (Å²) in [6.07, 6.45) is 5.22. The molecule has 4 heterocycles. The van der Waals surface area contributed by atoms with Gasteiger partial charge in [-0.25, -0.2) is 9.98 Å². The van der Waals surface area contributed by atoms with Crippen molar-refractivity contribution in [2.45, 2.75) is 25.0 Å². The highest BCUT2D eigenvalue weighted by molar-refractivity contribution is 5.77. The number of aromatic nitrogens is 2. The zero-order chi connectivity index (χ0) is 22.3. The lowest BCUT2D eigenvalue weighted by molar-refractivity contribution is 0.0742. The van der Waals surface area contributed by atoms with Gasteiger partial charge in [0.1, 0.15) is 18.0 Å². The van der Waals surface area contributed by atoms with E-state index in [1.54, 1.807) is 25.7 Å². The molecule has 2 aromatic heterocycles. The summed E-state index contributed by atoms with van der Waals surface area (Å²) in [7, 11) is 1.63. The Morgan fingerprint density at radius 3 is 2.62 bits per heavy atom. The molecule has 7 heteroatoms. The smallest absolute Gasteiger partial charge is 0.283 e. The van der Waals surface area contributed by atoms with Crippen LogP contribution in [0, 0.1) is 11.8 Å². The molecule has 3 aromatic rings. The van der Waals surface area contributed by atoms with E-state index in [2.05, 4.69) is 27.9 Å². The monoisotopic (exact) mass is 426 g/mol. The number of nitrogens with two attached hydrogens (primary N) is 1. The van der Waals surface area contributed by atoms with Crippen LogP contribution in [0.2, 0.25) is 0 Å². The number of hydrogen-bond acceptors (Lipinski definition) is 7. The van der Waals surface area contributed by atoms with Gasteiger partial charge in [-0.05, 0) is 55.3 Å². The first kappa shape index (κ1) is 20.0. The lowest BCUT2D eigenvalue weighted by atomic mass is 9.81. The highest BCUT2D eigenvalue weighted by Crippen LogP contribution is 2.51. The molecule has 0 radical (unpaired) electrons. The molecule has 1 aromatic carbocycles. The molecule has 0 saturated heterocycles. The molecular weight excluding hydrogens is 404 g/mol. The van der Waals surface area contributed by atoms with Crippen LogP contribution in [0.15, 0.2) is 60.0 Å². The van der Waals surface area contributed by atoms with Crippen molar-refractivity contribution >= 4 is 6.02 Å². The van der Waals surface area contributed by atoms with Crippen LogP contribution in [0.4, 0.5) is 0 Å². The van der Waals surface area contributed by atoms with Crippen LogP contribution in [0.3, 0.4) is 0 Å². The molecule has 2 aliphatic heterocycles. The van der Waals surface area contributed by atoms with Gasteiger partial charge >= 0.3 is 0 Å². The summed E-state index contributed by atoms with van der Waals surface area (Å²) in [4.78, 5) is 13.4. The largest absolute Gasteiger partial charge is 0.462 e. The Labute approximate surface area is 186 Å². The molecule has 32 heavy (non-hydrogen) atoms. The molecule has 5 rings (SSSR count). The summed E-state index contributed by atoms with van der Waals surface area (Å²) in [6.45, 7) is 4.07. The zero-order valence-corrected chi connectivity index (χ0v) is 18.0. The fourth-order valence-corrected chi connectivity index (χ4v) is 3.79. The fourth-order valence-electron chi connectivity index (χ4n) is 3.79. The SMILES string of the molecule is COC(C)(C)C#Cc1cnc2c(c1)[C@@]1(COC(N)=N1)c1cc(-c3ccncc3)ccc1O2. The standard InChI is InChI=1S/C25H22N4O3/c1-24(2,30-3)9-6-16-12-20-22(28-14-16)32-21-5-4-18(17-7-10-27-11-8-17)13-19(21)25(20)15-31-23(26)29-25/h4-5,7-8,10-14H,15H2,1-3H3,(H2,26,29)/t25-/m1/s1. The molecular formula is C25H22N4O3. The Balaban J connectivity index is 1.66. The summed E-state index contributed by atoms with van der Waals surface area (Å²) in [5.41, 5.74) is 8.97. The van der Waals surface area contributed by atoms with Gasteiger partial charge in [0, 0.05) is 36.8 Å². The molecule has 1 spiro atoms. The third kappa shape index (κ3) is 3.35. The Morgan fingerprint density at radius 1 is 1.09 bits per heavy atom. The second-order valence-corrected chi connectivity index (χ2v) is 8.19. The van der Waals surface area contributed by atoms with E-state index in [-0.39, 0.29) is 12.6 Å². The predicted molar refractivity (Wildman–Crippen MR) is 120 cm³/mol. The maximum absolute atomic E-state index is 6.15. The number of nitrogens with zero attached hydrogens (tertiary/aromatic N) is 3. The molecule has 2 N–H and O–H groups in total. The summed E-state index contributed by atoms with van der Waals surface area (Å²) in [5.74, 6) is 7.40. The van der Waals surface area contributed by atoms with Gasteiger partial charge in [-0.2, -0.15) is 0 Å². The lowest BCUT2D eigenvalue weighted by Gasteiger charge is -2.33. The van der Waals surface area contributed by atoms with E-state index in [1.807, 2.05) is 44.2 Å². The summed E-state index contributed by atoms with van der Waals surface area (Å²) in [6, 6.07) is 12.0. The normalized spacial score (nSPS) is 18.5. The van der Waals surface area contributed by atoms with Crippen molar-refractivity contribution in [3.63, 3.8) is 0 Å². The van der Waals surface area contributed by atoms with Crippen LogP contribution in [0.5, 0.6) is 11.6 Å². The summed E-state index contributed by atoms with van der Waals surface area (Å²) in [5, 5.41) is 0. The van der Waals surface area contributed by atoms with E-state index < -0.39 is 11.1 Å². The van der Waals surface area contributed by atoms with E-state index >= 15 is 0 Å². The van der Waals surface area contributed by atoms with Crippen LogP contribution in [-0.2, 0) is 15.0 Å². The van der Waals surface area contributed by atoms with Crippen molar-refractivity contribution in [2.75, 3.05) is 13.7 Å². The van der Waals surface area contributed by atoms with Gasteiger partial charge in [0.05, 0.1) is 5.56 Å². The molecule has 160 valence electrons. The van der Waals surface area contributed by atoms with Crippen molar-refractivity contribution in [2.24, 2.45) is 10.7 Å². The summed E-state index contributed by atoms with van der Waals surface area (Å²) >= 11 is 0. The third-order valence-electron chi connectivity index (χ3n) is 5.69. The van der Waals surface area contributed by atoms with E-state index in [0.717, 1.165) is 27.8 Å². The first-order valence-corrected chi connectivity index (χ1v) is 10.2. The molecule has 2 aliphatic rings. The zero-order valence-electron chi connectivity index (χ0n) is 18.0. The Hall–Kier alpha value is -3.89. The predicted octanol–water partition coefficient (Wildman–Crippen LogP) is 3.61. The van der Waals surface area contributed by atoms with Gasteiger partial charge in [0.15, 0.2) is 5.54 Å². The highest BCUT2D eigenvalue weighted by atomic mass is 16.5. The number of fused-ring (bicyclic) bond motifs is 4. The van der Waals surface area contributed by atoms with E-state index in [4.69, 9.17) is 24.9 Å². The molecule has 0 unspecified atom stereocenters. The van der Waals surface area contributed by atoms with Gasteiger partial charge in [0.2, 0.25) is 5.88 Å². The minimum atomic E-state index is -0.864. The number of hydrogen-bond donors (Lipinski definition) is 1. The number of ether oxygens (including phenoxy) is 3. The topological polar surface area (TPSA) is 91.9 Å². The number of amidine groups is 1. The van der Waals surface area contributed by atoms with Gasteiger partial charge in [-0.3, -0.25) is 4.98 Å². The van der Waals surface area contributed by atoms with Crippen LogP contribution in [0.25, 0.3) is 11.1 Å². The average molecular weight is 426 g/mol. The fraction of sp³-hybridized carbons (Fsp3) is 0.240. The van der Waals surface area contributed by atoms with E-state index in [1.165, 1.54) is 0 Å². The van der Waals surface area contributed by atoms with Crippen molar-refractivity contribution in [1.29, 1.82) is 0 Å². The van der Waals surface area contributed by atoms with Crippen LogP contribution < -0.4 is 10.5 Å². The number of aliphatic imine (C=N–C) groups is 1. The second-order valence-electron chi connectivity index (χ2n) is 8.19. The van der Waals surface area contributed by atoms with E-state index in [0.29, 0.717) is 11.6 Å². The number of methoxy groups -OCH3 is 1. The first-order valence-electron chi connectivity index (χ1n) is 10.2. The Kier molecular flexibility index (Phi) is 4.61. The maximum atomic E-state index is 6.15. The average Bonchev–Trinajstić information content (AvgIpc) is 3.21.